The SMILES string of the molecule is COc1ccc([C@@H](OC(=O)NC(=O)c2ccccc2)[C@@H](/C=C/C(=O)NO)Oc2ccccc2)cc1O. The number of phenolic OH excluding ortho intramolecular Hbond substituents is 1. The number of imide groups is 1. The first-order chi connectivity index (χ1) is 17.4. The number of carbonyl (C=O) groups excluding carboxylic acids is 3. The van der Waals surface area contributed by atoms with E-state index in [1.165, 1.54) is 49.0 Å². The molecule has 3 aromatic carbocycles. The topological polar surface area (TPSA) is 143 Å². The zero-order valence-electron chi connectivity index (χ0n) is 19.2. The summed E-state index contributed by atoms with van der Waals surface area (Å²) in [7, 11) is 1.38. The molecular weight excluding hydrogens is 468 g/mol. The Balaban J connectivity index is 1.95. The Hall–Kier alpha value is -4.83. The van der Waals surface area contributed by atoms with Gasteiger partial charge in [0.05, 0.1) is 7.11 Å². The molecule has 0 saturated heterocycles. The molecule has 0 bridgehead atoms. The van der Waals surface area contributed by atoms with Crippen LogP contribution in [0.25, 0.3) is 0 Å². The summed E-state index contributed by atoms with van der Waals surface area (Å²) in [5, 5.41) is 21.3. The second kappa shape index (κ2) is 12.6. The molecule has 3 rings (SSSR count). The largest absolute Gasteiger partial charge is 0.504 e. The number of benzene rings is 3. The van der Waals surface area contributed by atoms with Crippen molar-refractivity contribution in [3.63, 3.8) is 0 Å². The molecule has 0 saturated carbocycles. The van der Waals surface area contributed by atoms with E-state index in [0.717, 1.165) is 6.08 Å². The Bertz CT molecular complexity index is 1220. The van der Waals surface area contributed by atoms with Crippen molar-refractivity contribution in [2.75, 3.05) is 7.11 Å². The third-order valence-electron chi connectivity index (χ3n) is 4.88. The zero-order chi connectivity index (χ0) is 25.9. The van der Waals surface area contributed by atoms with Crippen molar-refractivity contribution in [1.29, 1.82) is 0 Å². The van der Waals surface area contributed by atoms with E-state index < -0.39 is 30.1 Å². The molecule has 2 atom stereocenters. The van der Waals surface area contributed by atoms with Crippen LogP contribution in [-0.2, 0) is 9.53 Å². The molecule has 10 nitrogen and oxygen atoms in total. The summed E-state index contributed by atoms with van der Waals surface area (Å²) in [6, 6.07) is 20.9. The number of methoxy groups -OCH3 is 1. The highest BCUT2D eigenvalue weighted by molar-refractivity contribution is 6.02. The highest BCUT2D eigenvalue weighted by Crippen LogP contribution is 2.33. The summed E-state index contributed by atoms with van der Waals surface area (Å²) < 4.78 is 16.6. The lowest BCUT2D eigenvalue weighted by Crippen LogP contribution is -2.36. The lowest BCUT2D eigenvalue weighted by Gasteiger charge is -2.26. The van der Waals surface area contributed by atoms with Crippen molar-refractivity contribution in [2.45, 2.75) is 12.2 Å². The van der Waals surface area contributed by atoms with E-state index in [2.05, 4.69) is 5.32 Å². The first-order valence-corrected chi connectivity index (χ1v) is 10.7. The van der Waals surface area contributed by atoms with Gasteiger partial charge < -0.3 is 19.3 Å². The van der Waals surface area contributed by atoms with Gasteiger partial charge in [-0.15, -0.1) is 0 Å². The molecular formula is C26H24N2O8. The number of phenols is 1. The Morgan fingerprint density at radius 2 is 1.61 bits per heavy atom. The predicted molar refractivity (Wildman–Crippen MR) is 128 cm³/mol. The standard InChI is InChI=1S/C26H24N2O8/c1-34-21-13-12-18(16-20(21)29)24(36-26(32)27-25(31)17-8-4-2-5-9-17)22(14-15-23(30)28-33)35-19-10-6-3-7-11-19/h2-16,22,24,29,33H,1H3,(H,28,30)(H,27,31,32)/b15-14+/t22-,24-/m1/s1. The number of hydrogen-bond acceptors (Lipinski definition) is 8. The number of para-hydroxylation sites is 1. The van der Waals surface area contributed by atoms with Crippen LogP contribution in [0, 0.1) is 0 Å². The maximum Gasteiger partial charge on any atom is 0.414 e. The van der Waals surface area contributed by atoms with Gasteiger partial charge in [0, 0.05) is 17.2 Å². The second-order valence-electron chi connectivity index (χ2n) is 7.31. The number of aromatic hydroxyl groups is 1. The van der Waals surface area contributed by atoms with E-state index in [4.69, 9.17) is 19.4 Å². The fraction of sp³-hybridized carbons (Fsp3) is 0.115. The maximum atomic E-state index is 12.7. The van der Waals surface area contributed by atoms with Crippen molar-refractivity contribution in [3.8, 4) is 17.2 Å². The zero-order valence-corrected chi connectivity index (χ0v) is 19.2. The molecule has 0 heterocycles. The number of hydrogen-bond donors (Lipinski definition) is 4. The van der Waals surface area contributed by atoms with Crippen molar-refractivity contribution in [3.05, 3.63) is 102 Å². The van der Waals surface area contributed by atoms with Crippen molar-refractivity contribution in [2.24, 2.45) is 0 Å². The lowest BCUT2D eigenvalue weighted by molar-refractivity contribution is -0.124. The third-order valence-corrected chi connectivity index (χ3v) is 4.88. The summed E-state index contributed by atoms with van der Waals surface area (Å²) in [5.74, 6) is -1.22. The minimum absolute atomic E-state index is 0.178. The number of rotatable bonds is 9. The van der Waals surface area contributed by atoms with E-state index in [9.17, 15) is 19.5 Å². The summed E-state index contributed by atoms with van der Waals surface area (Å²) in [5.41, 5.74) is 1.98. The highest BCUT2D eigenvalue weighted by Gasteiger charge is 2.29. The van der Waals surface area contributed by atoms with Crippen LogP contribution in [0.2, 0.25) is 0 Å². The Labute approximate surface area is 206 Å². The van der Waals surface area contributed by atoms with E-state index in [0.29, 0.717) is 5.75 Å². The molecule has 0 radical (unpaired) electrons. The Morgan fingerprint density at radius 3 is 2.22 bits per heavy atom. The molecule has 3 amide bonds. The number of nitrogens with one attached hydrogen (secondary N) is 2. The van der Waals surface area contributed by atoms with Crippen LogP contribution in [-0.4, -0.2) is 41.4 Å². The molecule has 0 spiro atoms. The first kappa shape index (κ1) is 25.8. The summed E-state index contributed by atoms with van der Waals surface area (Å²) in [6.45, 7) is 0. The van der Waals surface area contributed by atoms with Crippen molar-refractivity contribution >= 4 is 17.9 Å². The van der Waals surface area contributed by atoms with E-state index in [-0.39, 0.29) is 22.6 Å². The van der Waals surface area contributed by atoms with Crippen LogP contribution in [0.5, 0.6) is 17.2 Å². The van der Waals surface area contributed by atoms with Crippen molar-refractivity contribution < 1.29 is 38.9 Å². The van der Waals surface area contributed by atoms with Gasteiger partial charge in [0.2, 0.25) is 0 Å². The average molecular weight is 492 g/mol. The molecule has 4 N–H and O–H groups in total. The fourth-order valence-electron chi connectivity index (χ4n) is 3.19. The van der Waals surface area contributed by atoms with Crippen molar-refractivity contribution in [1.82, 2.24) is 10.8 Å². The van der Waals surface area contributed by atoms with Crippen LogP contribution < -0.4 is 20.3 Å². The molecule has 0 aliphatic heterocycles. The summed E-state index contributed by atoms with van der Waals surface area (Å²) in [6.07, 6.45) is -1.23. The molecule has 0 aliphatic carbocycles. The maximum absolute atomic E-state index is 12.7. The fourth-order valence-corrected chi connectivity index (χ4v) is 3.19. The van der Waals surface area contributed by atoms with Gasteiger partial charge in [0.15, 0.2) is 23.7 Å². The van der Waals surface area contributed by atoms with Gasteiger partial charge in [-0.1, -0.05) is 42.5 Å². The Morgan fingerprint density at radius 1 is 0.944 bits per heavy atom. The molecule has 0 fully saturated rings. The highest BCUT2D eigenvalue weighted by atomic mass is 16.6. The third kappa shape index (κ3) is 7.08. The van der Waals surface area contributed by atoms with Crippen LogP contribution in [0.3, 0.4) is 0 Å². The lowest BCUT2D eigenvalue weighted by atomic mass is 10.0. The van der Waals surface area contributed by atoms with Gasteiger partial charge >= 0.3 is 6.09 Å². The number of ether oxygens (including phenoxy) is 3. The average Bonchev–Trinajstić information content (AvgIpc) is 2.90. The van der Waals surface area contributed by atoms with Gasteiger partial charge in [0.1, 0.15) is 5.75 Å². The molecule has 0 aliphatic rings. The molecule has 10 heteroatoms. The molecule has 36 heavy (non-hydrogen) atoms. The van der Waals surface area contributed by atoms with E-state index >= 15 is 0 Å². The smallest absolute Gasteiger partial charge is 0.414 e. The number of carbonyl (C=O) groups is 3. The minimum atomic E-state index is -1.26. The van der Waals surface area contributed by atoms with Crippen LogP contribution in [0.15, 0.2) is 91.0 Å². The molecule has 3 aromatic rings. The number of hydroxylamine groups is 1. The monoisotopic (exact) mass is 492 g/mol. The predicted octanol–water partition coefficient (Wildman–Crippen LogP) is 3.52. The Kier molecular flexibility index (Phi) is 9.01. The number of alkyl carbamates (subject to hydrolysis) is 1. The van der Waals surface area contributed by atoms with Crippen LogP contribution in [0.4, 0.5) is 4.79 Å². The van der Waals surface area contributed by atoms with Crippen LogP contribution >= 0.6 is 0 Å². The minimum Gasteiger partial charge on any atom is -0.504 e. The number of amides is 3. The van der Waals surface area contributed by atoms with Gasteiger partial charge in [-0.25, -0.2) is 10.3 Å². The van der Waals surface area contributed by atoms with E-state index in [1.54, 1.807) is 48.5 Å². The van der Waals surface area contributed by atoms with Crippen LogP contribution in [0.1, 0.15) is 22.0 Å². The first-order valence-electron chi connectivity index (χ1n) is 10.7. The van der Waals surface area contributed by atoms with Gasteiger partial charge in [-0.2, -0.15) is 0 Å². The quantitative estimate of drug-likeness (QED) is 0.202. The van der Waals surface area contributed by atoms with E-state index in [1.807, 2.05) is 0 Å². The second-order valence-corrected chi connectivity index (χ2v) is 7.31. The summed E-state index contributed by atoms with van der Waals surface area (Å²) >= 11 is 0. The molecule has 0 aromatic heterocycles. The van der Waals surface area contributed by atoms with Gasteiger partial charge in [-0.3, -0.25) is 20.1 Å². The summed E-state index contributed by atoms with van der Waals surface area (Å²) in [4.78, 5) is 36.8. The normalized spacial score (nSPS) is 12.3. The van der Waals surface area contributed by atoms with Gasteiger partial charge in [0.25, 0.3) is 11.8 Å². The van der Waals surface area contributed by atoms with Gasteiger partial charge in [-0.05, 0) is 42.5 Å². The molecule has 186 valence electrons. The molecule has 0 unspecified atom stereocenters.